The fourth-order valence-electron chi connectivity index (χ4n) is 5.34. The van der Waals surface area contributed by atoms with Crippen molar-refractivity contribution >= 4 is 21.0 Å². The number of alkyl halides is 5. The van der Waals surface area contributed by atoms with E-state index < -0.39 is 40.5 Å². The summed E-state index contributed by atoms with van der Waals surface area (Å²) in [5.74, 6) is -6.05. The predicted octanol–water partition coefficient (Wildman–Crippen LogP) is 8.35. The fraction of sp³-hybridized carbons (Fsp3) is 0.548. The van der Waals surface area contributed by atoms with Crippen LogP contribution in [0, 0.1) is 5.82 Å². The molecule has 0 atom stereocenters. The number of sulfone groups is 1. The van der Waals surface area contributed by atoms with Gasteiger partial charge in [-0.3, -0.25) is 0 Å². The Bertz CT molecular complexity index is 1260. The summed E-state index contributed by atoms with van der Waals surface area (Å²) in [5, 5.41) is 0. The van der Waals surface area contributed by atoms with Crippen LogP contribution in [0.2, 0.25) is 0 Å². The molecule has 0 spiro atoms. The largest absolute Gasteiger partial charge is 0.453 e. The molecule has 2 aromatic carbocycles. The zero-order valence-corrected chi connectivity index (χ0v) is 24.3. The minimum Gasteiger partial charge on any atom is -0.306 e. The molecule has 0 aliphatic heterocycles. The highest BCUT2D eigenvalue weighted by molar-refractivity contribution is 7.91. The molecule has 228 valence electrons. The maximum Gasteiger partial charge on any atom is 0.453 e. The SMILES string of the molecule is CN(CCCCCC1=C(c2ccc(F)cc2)CCCc2ccccc21)CCCS(=O)(=O)CCCC(F)(F)C(F)(F)F. The second kappa shape index (κ2) is 14.7. The molecular weight excluding hydrogens is 564 g/mol. The van der Waals surface area contributed by atoms with Crippen LogP contribution in [0.15, 0.2) is 48.5 Å². The van der Waals surface area contributed by atoms with Crippen molar-refractivity contribution in [3.05, 3.63) is 71.0 Å². The van der Waals surface area contributed by atoms with Gasteiger partial charge in [-0.25, -0.2) is 12.8 Å². The Labute approximate surface area is 239 Å². The molecule has 0 N–H and O–H groups in total. The van der Waals surface area contributed by atoms with E-state index in [1.807, 2.05) is 24.1 Å². The normalized spacial score (nSPS) is 14.8. The highest BCUT2D eigenvalue weighted by Gasteiger charge is 2.56. The topological polar surface area (TPSA) is 37.4 Å². The summed E-state index contributed by atoms with van der Waals surface area (Å²) < 4.78 is 100. The van der Waals surface area contributed by atoms with Crippen molar-refractivity contribution in [1.29, 1.82) is 0 Å². The Morgan fingerprint density at radius 1 is 0.805 bits per heavy atom. The number of fused-ring (bicyclic) bond motifs is 1. The van der Waals surface area contributed by atoms with Crippen molar-refractivity contribution in [2.75, 3.05) is 31.6 Å². The molecule has 3 nitrogen and oxygen atoms in total. The fourth-order valence-corrected chi connectivity index (χ4v) is 6.70. The van der Waals surface area contributed by atoms with Crippen LogP contribution in [-0.2, 0) is 16.3 Å². The van der Waals surface area contributed by atoms with Crippen LogP contribution in [0.4, 0.5) is 26.3 Å². The number of aryl methyl sites for hydroxylation is 1. The second-order valence-corrected chi connectivity index (χ2v) is 13.2. The molecule has 0 radical (unpaired) electrons. The minimum absolute atomic E-state index is 0.241. The van der Waals surface area contributed by atoms with Gasteiger partial charge in [0.2, 0.25) is 0 Å². The molecule has 0 aromatic heterocycles. The lowest BCUT2D eigenvalue weighted by Crippen LogP contribution is -2.36. The first-order chi connectivity index (χ1) is 19.3. The van der Waals surface area contributed by atoms with Gasteiger partial charge >= 0.3 is 12.1 Å². The van der Waals surface area contributed by atoms with Crippen molar-refractivity contribution in [3.8, 4) is 0 Å². The number of benzene rings is 2. The van der Waals surface area contributed by atoms with Crippen LogP contribution < -0.4 is 0 Å². The van der Waals surface area contributed by atoms with E-state index in [1.54, 1.807) is 0 Å². The Balaban J connectivity index is 1.44. The monoisotopic (exact) mass is 603 g/mol. The Morgan fingerprint density at radius 2 is 1.46 bits per heavy atom. The van der Waals surface area contributed by atoms with Crippen LogP contribution in [0.25, 0.3) is 11.1 Å². The number of allylic oxidation sites excluding steroid dienone is 2. The van der Waals surface area contributed by atoms with Crippen molar-refractivity contribution in [1.82, 2.24) is 4.90 Å². The molecule has 1 aliphatic rings. The first kappa shape index (κ1) is 33.2. The molecule has 10 heteroatoms. The van der Waals surface area contributed by atoms with Crippen LogP contribution in [-0.4, -0.2) is 57.1 Å². The number of unbranched alkanes of at least 4 members (excludes halogenated alkanes) is 2. The highest BCUT2D eigenvalue weighted by Crippen LogP contribution is 2.40. The Kier molecular flexibility index (Phi) is 11.9. The molecule has 0 saturated heterocycles. The van der Waals surface area contributed by atoms with Crippen LogP contribution in [0.3, 0.4) is 0 Å². The average molecular weight is 604 g/mol. The molecule has 0 amide bonds. The summed E-state index contributed by atoms with van der Waals surface area (Å²) in [6.07, 6.45) is -0.892. The molecule has 0 saturated carbocycles. The lowest BCUT2D eigenvalue weighted by Gasteiger charge is -2.19. The van der Waals surface area contributed by atoms with Gasteiger partial charge in [-0.2, -0.15) is 22.0 Å². The number of hydrogen-bond acceptors (Lipinski definition) is 3. The molecule has 0 fully saturated rings. The van der Waals surface area contributed by atoms with E-state index in [0.717, 1.165) is 57.1 Å². The first-order valence-corrected chi connectivity index (χ1v) is 16.0. The van der Waals surface area contributed by atoms with Gasteiger partial charge in [0.15, 0.2) is 0 Å². The van der Waals surface area contributed by atoms with Gasteiger partial charge in [0, 0.05) is 6.42 Å². The minimum atomic E-state index is -5.67. The highest BCUT2D eigenvalue weighted by atomic mass is 32.2. The van der Waals surface area contributed by atoms with E-state index in [9.17, 15) is 34.8 Å². The zero-order valence-electron chi connectivity index (χ0n) is 23.5. The number of halogens is 6. The molecular formula is C31H39F6NO2S. The molecule has 3 rings (SSSR count). The summed E-state index contributed by atoms with van der Waals surface area (Å²) in [4.78, 5) is 2.01. The lowest BCUT2D eigenvalue weighted by molar-refractivity contribution is -0.284. The first-order valence-electron chi connectivity index (χ1n) is 14.2. The van der Waals surface area contributed by atoms with E-state index >= 15 is 0 Å². The third-order valence-electron chi connectivity index (χ3n) is 7.59. The van der Waals surface area contributed by atoms with Crippen molar-refractivity contribution < 1.29 is 34.8 Å². The van der Waals surface area contributed by atoms with Gasteiger partial charge in [0.25, 0.3) is 0 Å². The molecule has 1 aliphatic carbocycles. The summed E-state index contributed by atoms with van der Waals surface area (Å²) in [5.41, 5.74) is 6.25. The van der Waals surface area contributed by atoms with Gasteiger partial charge in [-0.05, 0) is 111 Å². The van der Waals surface area contributed by atoms with E-state index in [2.05, 4.69) is 24.3 Å². The molecule has 41 heavy (non-hydrogen) atoms. The lowest BCUT2D eigenvalue weighted by atomic mass is 9.89. The van der Waals surface area contributed by atoms with Crippen LogP contribution >= 0.6 is 0 Å². The third kappa shape index (κ3) is 10.2. The van der Waals surface area contributed by atoms with E-state index in [-0.39, 0.29) is 11.6 Å². The van der Waals surface area contributed by atoms with Crippen LogP contribution in [0.5, 0.6) is 0 Å². The van der Waals surface area contributed by atoms with Gasteiger partial charge < -0.3 is 4.90 Å². The van der Waals surface area contributed by atoms with E-state index in [4.69, 9.17) is 0 Å². The molecule has 0 heterocycles. The van der Waals surface area contributed by atoms with Gasteiger partial charge in [0.1, 0.15) is 15.7 Å². The van der Waals surface area contributed by atoms with Crippen molar-refractivity contribution in [2.45, 2.75) is 76.3 Å². The number of hydrogen-bond donors (Lipinski definition) is 0. The Hall–Kier alpha value is -2.33. The standard InChI is InChI=1S/C31H39F6NO2S/c1-38(21-9-23-41(39,40)22-8-19-30(33,34)31(35,36)37)20-6-2-3-13-29-27-12-5-4-10-24(27)11-7-14-28(29)25-15-17-26(32)18-16-25/h4-5,10,12,15-18H,2-3,6-9,11,13-14,19-23H2,1H3. The van der Waals surface area contributed by atoms with E-state index in [1.165, 1.54) is 34.4 Å². The Morgan fingerprint density at radius 3 is 2.17 bits per heavy atom. The maximum atomic E-state index is 13.6. The smallest absolute Gasteiger partial charge is 0.306 e. The molecule has 0 unspecified atom stereocenters. The third-order valence-corrected chi connectivity index (χ3v) is 9.42. The predicted molar refractivity (Wildman–Crippen MR) is 152 cm³/mol. The molecule has 2 aromatic rings. The quantitative estimate of drug-likeness (QED) is 0.152. The van der Waals surface area contributed by atoms with Crippen molar-refractivity contribution in [3.63, 3.8) is 0 Å². The van der Waals surface area contributed by atoms with Crippen molar-refractivity contribution in [2.24, 2.45) is 0 Å². The summed E-state index contributed by atoms with van der Waals surface area (Å²) in [6, 6.07) is 15.2. The average Bonchev–Trinajstić information content (AvgIpc) is 3.07. The van der Waals surface area contributed by atoms with E-state index in [0.29, 0.717) is 13.0 Å². The summed E-state index contributed by atoms with van der Waals surface area (Å²) in [6.45, 7) is 1.25. The molecule has 0 bridgehead atoms. The number of nitrogens with zero attached hydrogens (tertiary/aromatic N) is 1. The zero-order chi connectivity index (χ0) is 30.1. The van der Waals surface area contributed by atoms with Gasteiger partial charge in [0.05, 0.1) is 11.5 Å². The van der Waals surface area contributed by atoms with Crippen LogP contribution in [0.1, 0.15) is 74.5 Å². The summed E-state index contributed by atoms with van der Waals surface area (Å²) in [7, 11) is -1.82. The maximum absolute atomic E-state index is 13.6. The second-order valence-electron chi connectivity index (χ2n) is 10.9. The van der Waals surface area contributed by atoms with Gasteiger partial charge in [-0.1, -0.05) is 42.8 Å². The number of rotatable bonds is 15. The van der Waals surface area contributed by atoms with Gasteiger partial charge in [-0.15, -0.1) is 0 Å². The summed E-state index contributed by atoms with van der Waals surface area (Å²) >= 11 is 0.